The highest BCUT2D eigenvalue weighted by atomic mass is 32.1. The molecular formula is C23H26N2O4S. The van der Waals surface area contributed by atoms with Crippen molar-refractivity contribution in [3.8, 4) is 11.5 Å². The molecule has 0 aliphatic carbocycles. The Morgan fingerprint density at radius 3 is 2.57 bits per heavy atom. The monoisotopic (exact) mass is 426 g/mol. The van der Waals surface area contributed by atoms with Crippen LogP contribution in [0.3, 0.4) is 0 Å². The lowest BCUT2D eigenvalue weighted by atomic mass is 10.1. The number of anilines is 1. The molecule has 3 aromatic rings. The van der Waals surface area contributed by atoms with Crippen molar-refractivity contribution in [1.29, 1.82) is 0 Å². The molecule has 1 atom stereocenters. The number of aromatic nitrogens is 1. The van der Waals surface area contributed by atoms with E-state index in [1.165, 1.54) is 11.3 Å². The Hall–Kier alpha value is -2.64. The van der Waals surface area contributed by atoms with Gasteiger partial charge in [0, 0.05) is 12.2 Å². The van der Waals surface area contributed by atoms with Gasteiger partial charge in [0.1, 0.15) is 11.5 Å². The average Bonchev–Trinajstić information content (AvgIpc) is 3.42. The highest BCUT2D eigenvalue weighted by molar-refractivity contribution is 7.22. The summed E-state index contributed by atoms with van der Waals surface area (Å²) in [6, 6.07) is 13.1. The summed E-state index contributed by atoms with van der Waals surface area (Å²) in [5.74, 6) is 1.48. The first-order valence-corrected chi connectivity index (χ1v) is 11.2. The summed E-state index contributed by atoms with van der Waals surface area (Å²) in [6.45, 7) is 6.33. The van der Waals surface area contributed by atoms with Gasteiger partial charge in [-0.15, -0.1) is 0 Å². The third-order valence-electron chi connectivity index (χ3n) is 4.96. The zero-order valence-corrected chi connectivity index (χ0v) is 18.1. The number of carbonyl (C=O) groups excluding carboxylic acids is 1. The van der Waals surface area contributed by atoms with Crippen molar-refractivity contribution < 1.29 is 19.0 Å². The molecule has 0 bridgehead atoms. The minimum atomic E-state index is -0.0855. The van der Waals surface area contributed by atoms with Gasteiger partial charge >= 0.3 is 0 Å². The van der Waals surface area contributed by atoms with E-state index in [1.807, 2.05) is 44.2 Å². The zero-order valence-electron chi connectivity index (χ0n) is 17.3. The highest BCUT2D eigenvalue weighted by Gasteiger charge is 2.27. The number of hydrogen-bond acceptors (Lipinski definition) is 6. The molecule has 0 spiro atoms. The maximum atomic E-state index is 13.4. The van der Waals surface area contributed by atoms with Crippen LogP contribution in [0.2, 0.25) is 0 Å². The third-order valence-corrected chi connectivity index (χ3v) is 6.00. The fraction of sp³-hybridized carbons (Fsp3) is 0.391. The Labute approximate surface area is 180 Å². The van der Waals surface area contributed by atoms with Crippen molar-refractivity contribution in [3.63, 3.8) is 0 Å². The van der Waals surface area contributed by atoms with E-state index < -0.39 is 0 Å². The van der Waals surface area contributed by atoms with Gasteiger partial charge in [0.2, 0.25) is 0 Å². The molecule has 30 heavy (non-hydrogen) atoms. The zero-order chi connectivity index (χ0) is 20.9. The van der Waals surface area contributed by atoms with Crippen molar-refractivity contribution >= 4 is 32.6 Å². The maximum absolute atomic E-state index is 13.4. The van der Waals surface area contributed by atoms with Crippen LogP contribution >= 0.6 is 11.3 Å². The summed E-state index contributed by atoms with van der Waals surface area (Å²) in [5, 5.41) is 0.674. The molecule has 1 unspecified atom stereocenters. The van der Waals surface area contributed by atoms with E-state index in [9.17, 15) is 4.79 Å². The molecule has 7 heteroatoms. The Bertz CT molecular complexity index is 996. The molecule has 2 heterocycles. The number of amides is 1. The van der Waals surface area contributed by atoms with E-state index in [-0.39, 0.29) is 12.0 Å². The topological polar surface area (TPSA) is 60.9 Å². The van der Waals surface area contributed by atoms with E-state index >= 15 is 0 Å². The smallest absolute Gasteiger partial charge is 0.260 e. The number of thiazole rings is 1. The Kier molecular flexibility index (Phi) is 6.50. The van der Waals surface area contributed by atoms with Crippen LogP contribution in [-0.4, -0.2) is 43.4 Å². The minimum absolute atomic E-state index is 0.0302. The molecule has 1 aliphatic rings. The summed E-state index contributed by atoms with van der Waals surface area (Å²) >= 11 is 1.50. The van der Waals surface area contributed by atoms with Crippen LogP contribution in [0.1, 0.15) is 37.0 Å². The number of carbonyl (C=O) groups is 1. The molecule has 1 aromatic heterocycles. The quantitative estimate of drug-likeness (QED) is 0.512. The molecule has 6 nitrogen and oxygen atoms in total. The van der Waals surface area contributed by atoms with E-state index in [0.717, 1.165) is 41.2 Å². The van der Waals surface area contributed by atoms with Gasteiger partial charge in [-0.05, 0) is 69.2 Å². The Balaban J connectivity index is 1.64. The molecular weight excluding hydrogens is 400 g/mol. The first kappa shape index (κ1) is 20.6. The summed E-state index contributed by atoms with van der Waals surface area (Å²) in [4.78, 5) is 19.9. The lowest BCUT2D eigenvalue weighted by Crippen LogP contribution is -2.37. The first-order chi connectivity index (χ1) is 14.7. The van der Waals surface area contributed by atoms with Crippen molar-refractivity contribution in [3.05, 3.63) is 48.0 Å². The number of nitrogens with zero attached hydrogens (tertiary/aromatic N) is 2. The highest BCUT2D eigenvalue weighted by Crippen LogP contribution is 2.33. The molecule has 2 aromatic carbocycles. The number of fused-ring (bicyclic) bond motifs is 1. The third kappa shape index (κ3) is 4.57. The van der Waals surface area contributed by atoms with Gasteiger partial charge in [-0.3, -0.25) is 9.69 Å². The van der Waals surface area contributed by atoms with Gasteiger partial charge in [-0.25, -0.2) is 4.98 Å². The summed E-state index contributed by atoms with van der Waals surface area (Å²) < 4.78 is 17.9. The van der Waals surface area contributed by atoms with E-state index in [1.54, 1.807) is 17.0 Å². The minimum Gasteiger partial charge on any atom is -0.494 e. The second-order valence-electron chi connectivity index (χ2n) is 7.07. The molecule has 1 amide bonds. The second-order valence-corrected chi connectivity index (χ2v) is 8.08. The fourth-order valence-electron chi connectivity index (χ4n) is 3.52. The molecule has 0 saturated carbocycles. The van der Waals surface area contributed by atoms with E-state index in [0.29, 0.717) is 30.5 Å². The standard InChI is InChI=1S/C23H26N2O4S/c1-3-27-17-9-7-16(8-10-17)22(26)25(15-19-6-5-13-29-19)23-24-20-12-11-18(28-4-2)14-21(20)30-23/h7-12,14,19H,3-6,13,15H2,1-2H3. The number of benzene rings is 2. The van der Waals surface area contributed by atoms with E-state index in [2.05, 4.69) is 0 Å². The number of rotatable bonds is 8. The normalized spacial score (nSPS) is 16.0. The summed E-state index contributed by atoms with van der Waals surface area (Å²) in [6.07, 6.45) is 2.00. The van der Waals surface area contributed by atoms with Gasteiger partial charge < -0.3 is 14.2 Å². The average molecular weight is 427 g/mol. The van der Waals surface area contributed by atoms with Crippen molar-refractivity contribution in [2.45, 2.75) is 32.8 Å². The van der Waals surface area contributed by atoms with Crippen LogP contribution < -0.4 is 14.4 Å². The van der Waals surface area contributed by atoms with Crippen molar-refractivity contribution in [2.75, 3.05) is 31.3 Å². The molecule has 1 saturated heterocycles. The van der Waals surface area contributed by atoms with Gasteiger partial charge in [0.05, 0.1) is 36.1 Å². The largest absolute Gasteiger partial charge is 0.494 e. The van der Waals surface area contributed by atoms with Crippen molar-refractivity contribution in [2.24, 2.45) is 0 Å². The van der Waals surface area contributed by atoms with Crippen LogP contribution in [-0.2, 0) is 4.74 Å². The van der Waals surface area contributed by atoms with Crippen LogP contribution in [0.15, 0.2) is 42.5 Å². The summed E-state index contributed by atoms with van der Waals surface area (Å²) in [7, 11) is 0. The summed E-state index contributed by atoms with van der Waals surface area (Å²) in [5.41, 5.74) is 1.46. The van der Waals surface area contributed by atoms with E-state index in [4.69, 9.17) is 19.2 Å². The number of hydrogen-bond donors (Lipinski definition) is 0. The number of ether oxygens (including phenoxy) is 3. The Morgan fingerprint density at radius 2 is 1.87 bits per heavy atom. The molecule has 158 valence electrons. The maximum Gasteiger partial charge on any atom is 0.260 e. The molecule has 0 radical (unpaired) electrons. The van der Waals surface area contributed by atoms with Gasteiger partial charge in [0.15, 0.2) is 5.13 Å². The van der Waals surface area contributed by atoms with Gasteiger partial charge in [-0.1, -0.05) is 11.3 Å². The van der Waals surface area contributed by atoms with Crippen LogP contribution in [0.4, 0.5) is 5.13 Å². The molecule has 1 aliphatic heterocycles. The first-order valence-electron chi connectivity index (χ1n) is 10.4. The van der Waals surface area contributed by atoms with Gasteiger partial charge in [0.25, 0.3) is 5.91 Å². The van der Waals surface area contributed by atoms with Crippen molar-refractivity contribution in [1.82, 2.24) is 4.98 Å². The fourth-order valence-corrected chi connectivity index (χ4v) is 4.52. The molecule has 1 fully saturated rings. The molecule has 4 rings (SSSR count). The SMILES string of the molecule is CCOc1ccc(C(=O)N(CC2CCCO2)c2nc3ccc(OCC)cc3s2)cc1. The van der Waals surface area contributed by atoms with Crippen LogP contribution in [0.25, 0.3) is 10.2 Å². The van der Waals surface area contributed by atoms with Gasteiger partial charge in [-0.2, -0.15) is 0 Å². The lowest BCUT2D eigenvalue weighted by molar-refractivity contribution is 0.0917. The lowest BCUT2D eigenvalue weighted by Gasteiger charge is -2.23. The second kappa shape index (κ2) is 9.45. The van der Waals surface area contributed by atoms with Crippen LogP contribution in [0, 0.1) is 0 Å². The molecule has 0 N–H and O–H groups in total. The predicted molar refractivity (Wildman–Crippen MR) is 119 cm³/mol. The predicted octanol–water partition coefficient (Wildman–Crippen LogP) is 4.92. The Morgan fingerprint density at radius 1 is 1.13 bits per heavy atom. The van der Waals surface area contributed by atoms with Crippen LogP contribution in [0.5, 0.6) is 11.5 Å².